The molecule has 12 heteroatoms. The number of phosphoric acid groups is 1. The Labute approximate surface area is 164 Å². The third-order valence-electron chi connectivity index (χ3n) is 3.61. The van der Waals surface area contributed by atoms with Crippen molar-refractivity contribution in [3.8, 4) is 5.75 Å². The molecule has 0 saturated heterocycles. The molecule has 8 N–H and O–H groups in total. The van der Waals surface area contributed by atoms with Crippen LogP contribution in [0.4, 0.5) is 5.69 Å². The van der Waals surface area contributed by atoms with Gasteiger partial charge in [-0.05, 0) is 38.8 Å². The molecule has 1 aromatic rings. The van der Waals surface area contributed by atoms with Crippen LogP contribution in [-0.2, 0) is 4.57 Å². The zero-order chi connectivity index (χ0) is 22.6. The molecule has 0 aromatic heterocycles. The number of nitrogens with zero attached hydrogens (tertiary/aromatic N) is 1. The molecule has 2 atom stereocenters. The fourth-order valence-corrected chi connectivity index (χ4v) is 1.39. The van der Waals surface area contributed by atoms with Gasteiger partial charge >= 0.3 is 7.82 Å². The molecule has 0 heterocycles. The number of rotatable bonds is 7. The first-order chi connectivity index (χ1) is 12.6. The molecule has 1 rings (SSSR count). The van der Waals surface area contributed by atoms with Crippen molar-refractivity contribution in [3.05, 3.63) is 34.4 Å². The molecule has 0 amide bonds. The van der Waals surface area contributed by atoms with E-state index in [2.05, 4.69) is 4.52 Å². The van der Waals surface area contributed by atoms with Crippen molar-refractivity contribution in [2.75, 3.05) is 13.2 Å². The number of nitrogens with two attached hydrogens (primary N) is 2. The Hall–Kier alpha value is -1.59. The Kier molecular flexibility index (Phi) is 13.1. The molecule has 11 nitrogen and oxygen atoms in total. The molecule has 0 fully saturated rings. The molecule has 1 aromatic carbocycles. The van der Waals surface area contributed by atoms with Gasteiger partial charge in [-0.1, -0.05) is 13.8 Å². The number of non-ortho nitro benzene ring substituents is 1. The predicted molar refractivity (Wildman–Crippen MR) is 106 cm³/mol. The van der Waals surface area contributed by atoms with Crippen molar-refractivity contribution in [1.82, 2.24) is 0 Å². The summed E-state index contributed by atoms with van der Waals surface area (Å²) in [7, 11) is -4.60. The summed E-state index contributed by atoms with van der Waals surface area (Å²) in [5, 5.41) is 27.1. The lowest BCUT2D eigenvalue weighted by Gasteiger charge is -2.17. The van der Waals surface area contributed by atoms with Crippen LogP contribution in [0, 0.1) is 10.1 Å². The van der Waals surface area contributed by atoms with E-state index in [0.717, 1.165) is 37.1 Å². The highest BCUT2D eigenvalue weighted by molar-refractivity contribution is 7.46. The first-order valence-corrected chi connectivity index (χ1v) is 9.95. The summed E-state index contributed by atoms with van der Waals surface area (Å²) in [6, 6.07) is 4.39. The topological polar surface area (TPSA) is 202 Å². The number of nitro benzene ring substituents is 1. The second kappa shape index (κ2) is 12.8. The van der Waals surface area contributed by atoms with Crippen molar-refractivity contribution in [2.24, 2.45) is 11.5 Å². The Balaban J connectivity index is 0. The molecule has 164 valence electrons. The lowest BCUT2D eigenvalue weighted by molar-refractivity contribution is -0.384. The highest BCUT2D eigenvalue weighted by Crippen LogP contribution is 2.37. The van der Waals surface area contributed by atoms with Gasteiger partial charge in [-0.25, -0.2) is 4.57 Å². The molecule has 0 aliphatic carbocycles. The van der Waals surface area contributed by atoms with E-state index >= 15 is 0 Å². The first-order valence-electron chi connectivity index (χ1n) is 8.42. The number of hydrogen-bond acceptors (Lipinski definition) is 8. The number of hydrogen-bond donors (Lipinski definition) is 6. The van der Waals surface area contributed by atoms with Gasteiger partial charge in [0.25, 0.3) is 5.69 Å². The second-order valence-electron chi connectivity index (χ2n) is 6.66. The maximum absolute atomic E-state index is 10.4. The average molecular weight is 425 g/mol. The number of nitro groups is 1. The van der Waals surface area contributed by atoms with Gasteiger partial charge in [0.15, 0.2) is 0 Å². The zero-order valence-corrected chi connectivity index (χ0v) is 17.5. The third-order valence-corrected chi connectivity index (χ3v) is 4.06. The SMILES string of the molecule is CCC(C)(N)CO.CCC(C)(N)CO.O=[N+]([O-])c1ccc(OP(=O)(O)O)cc1. The van der Waals surface area contributed by atoms with E-state index in [1.165, 1.54) is 0 Å². The van der Waals surface area contributed by atoms with Gasteiger partial charge in [-0.2, -0.15) is 0 Å². The quantitative estimate of drug-likeness (QED) is 0.210. The number of benzene rings is 1. The van der Waals surface area contributed by atoms with Crippen molar-refractivity contribution < 1.29 is 34.0 Å². The van der Waals surface area contributed by atoms with E-state index < -0.39 is 12.7 Å². The van der Waals surface area contributed by atoms with Crippen LogP contribution >= 0.6 is 7.82 Å². The molecule has 0 aliphatic heterocycles. The highest BCUT2D eigenvalue weighted by Gasteiger charge is 2.16. The van der Waals surface area contributed by atoms with Crippen LogP contribution in [0.1, 0.15) is 40.5 Å². The van der Waals surface area contributed by atoms with E-state index in [1.54, 1.807) is 0 Å². The minimum Gasteiger partial charge on any atom is -0.404 e. The van der Waals surface area contributed by atoms with Crippen molar-refractivity contribution in [1.29, 1.82) is 0 Å². The Morgan fingerprint density at radius 2 is 1.39 bits per heavy atom. The maximum Gasteiger partial charge on any atom is 0.524 e. The fourth-order valence-electron chi connectivity index (χ4n) is 0.990. The molecule has 0 radical (unpaired) electrons. The van der Waals surface area contributed by atoms with Gasteiger partial charge in [0.1, 0.15) is 5.75 Å². The molecule has 0 spiro atoms. The normalized spacial score (nSPS) is 14.9. The molecule has 28 heavy (non-hydrogen) atoms. The van der Waals surface area contributed by atoms with E-state index in [-0.39, 0.29) is 35.7 Å². The first kappa shape index (κ1) is 28.6. The van der Waals surface area contributed by atoms with Crippen LogP contribution in [0.3, 0.4) is 0 Å². The van der Waals surface area contributed by atoms with Crippen LogP contribution in [0.2, 0.25) is 0 Å². The van der Waals surface area contributed by atoms with E-state index in [4.69, 9.17) is 31.5 Å². The largest absolute Gasteiger partial charge is 0.524 e. The fraction of sp³-hybridized carbons (Fsp3) is 0.625. The Morgan fingerprint density at radius 3 is 1.57 bits per heavy atom. The summed E-state index contributed by atoms with van der Waals surface area (Å²) < 4.78 is 14.5. The van der Waals surface area contributed by atoms with E-state index in [0.29, 0.717) is 0 Å². The van der Waals surface area contributed by atoms with Gasteiger partial charge in [-0.3, -0.25) is 19.9 Å². The monoisotopic (exact) mass is 425 g/mol. The molecule has 2 unspecified atom stereocenters. The summed E-state index contributed by atoms with van der Waals surface area (Å²) in [6.07, 6.45) is 1.65. The van der Waals surface area contributed by atoms with Crippen LogP contribution in [0.5, 0.6) is 5.75 Å². The molecule has 0 aliphatic rings. The molecule has 0 saturated carbocycles. The van der Waals surface area contributed by atoms with Gasteiger partial charge in [0.2, 0.25) is 0 Å². The summed E-state index contributed by atoms with van der Waals surface area (Å²) in [4.78, 5) is 26.4. The maximum atomic E-state index is 10.4. The smallest absolute Gasteiger partial charge is 0.404 e. The summed E-state index contributed by atoms with van der Waals surface area (Å²) in [6.45, 7) is 7.71. The standard InChI is InChI=1S/C6H6NO6P.2C5H13NO/c8-7(9)5-1-3-6(4-2-5)13-14(10,11)12;2*1-3-5(2,6)4-7/h1-4H,(H2,10,11,12);2*7H,3-4,6H2,1-2H3. The second-order valence-corrected chi connectivity index (χ2v) is 7.83. The average Bonchev–Trinajstić information content (AvgIpc) is 2.62. The van der Waals surface area contributed by atoms with Crippen LogP contribution in [-0.4, -0.2) is 49.2 Å². The third kappa shape index (κ3) is 15.5. The Morgan fingerprint density at radius 1 is 1.04 bits per heavy atom. The molecular formula is C16H32N3O8P. The summed E-state index contributed by atoms with van der Waals surface area (Å²) >= 11 is 0. The van der Waals surface area contributed by atoms with Crippen molar-refractivity contribution in [2.45, 2.75) is 51.6 Å². The lowest BCUT2D eigenvalue weighted by atomic mass is 10.0. The minimum absolute atomic E-state index is 0.0729. The van der Waals surface area contributed by atoms with Crippen LogP contribution in [0.25, 0.3) is 0 Å². The highest BCUT2D eigenvalue weighted by atomic mass is 31.2. The zero-order valence-electron chi connectivity index (χ0n) is 16.6. The van der Waals surface area contributed by atoms with Gasteiger partial charge in [-0.15, -0.1) is 0 Å². The minimum atomic E-state index is -4.60. The van der Waals surface area contributed by atoms with Crippen LogP contribution < -0.4 is 16.0 Å². The summed E-state index contributed by atoms with van der Waals surface area (Å²) in [5.41, 5.74) is 10.0. The van der Waals surface area contributed by atoms with E-state index in [1.807, 2.05) is 27.7 Å². The Bertz CT molecular complexity index is 589. The van der Waals surface area contributed by atoms with Crippen LogP contribution in [0.15, 0.2) is 24.3 Å². The number of phosphoric ester groups is 1. The number of aliphatic hydroxyl groups excluding tert-OH is 2. The van der Waals surface area contributed by atoms with Gasteiger partial charge in [0, 0.05) is 23.2 Å². The number of aliphatic hydroxyl groups is 2. The summed E-state index contributed by atoms with van der Waals surface area (Å²) in [5.74, 6) is -0.121. The lowest BCUT2D eigenvalue weighted by Crippen LogP contribution is -2.39. The van der Waals surface area contributed by atoms with Crippen molar-refractivity contribution >= 4 is 13.5 Å². The molecular weight excluding hydrogens is 393 g/mol. The van der Waals surface area contributed by atoms with Crippen molar-refractivity contribution in [3.63, 3.8) is 0 Å². The predicted octanol–water partition coefficient (Wildman–Crippen LogP) is 1.28. The van der Waals surface area contributed by atoms with E-state index in [9.17, 15) is 14.7 Å². The van der Waals surface area contributed by atoms with Gasteiger partial charge in [0.05, 0.1) is 18.1 Å². The van der Waals surface area contributed by atoms with Gasteiger partial charge < -0.3 is 26.2 Å². The molecule has 0 bridgehead atoms.